The first kappa shape index (κ1) is 27.5. The first-order valence-electron chi connectivity index (χ1n) is 14.7. The molecule has 3 heterocycles. The summed E-state index contributed by atoms with van der Waals surface area (Å²) in [6, 6.07) is 28.9. The average Bonchev–Trinajstić information content (AvgIpc) is 3.49. The lowest BCUT2D eigenvalue weighted by molar-refractivity contribution is -0.121. The largest absolute Gasteiger partial charge is 0.352 e. The number of Topliss-reactive ketones (excluding diaryl/α,β-unsaturated/α-hetero) is 2. The summed E-state index contributed by atoms with van der Waals surface area (Å²) in [4.78, 5) is 46.2. The van der Waals surface area contributed by atoms with E-state index < -0.39 is 23.4 Å². The molecule has 43 heavy (non-hydrogen) atoms. The molecular weight excluding hydrogens is 600 g/mol. The first-order chi connectivity index (χ1) is 20.8. The maximum atomic E-state index is 15.0. The number of carbonyl (C=O) groups is 3. The molecule has 0 bridgehead atoms. The monoisotopic (exact) mass is 630 g/mol. The van der Waals surface area contributed by atoms with Gasteiger partial charge in [-0.1, -0.05) is 115 Å². The first-order valence-corrected chi connectivity index (χ1v) is 15.5. The maximum absolute atomic E-state index is 15.0. The summed E-state index contributed by atoms with van der Waals surface area (Å²) in [5.74, 6) is -1.16. The Morgan fingerprint density at radius 1 is 0.860 bits per heavy atom. The van der Waals surface area contributed by atoms with Gasteiger partial charge in [0.1, 0.15) is 11.5 Å². The van der Waals surface area contributed by atoms with E-state index in [1.807, 2.05) is 102 Å². The summed E-state index contributed by atoms with van der Waals surface area (Å²) in [5.41, 5.74) is 4.04. The molecule has 4 atom stereocenters. The number of carbonyl (C=O) groups excluding carboxylic acids is 3. The highest BCUT2D eigenvalue weighted by Gasteiger charge is 2.70. The van der Waals surface area contributed by atoms with Crippen LogP contribution in [0.15, 0.2) is 108 Å². The molecule has 7 rings (SSSR count). The third kappa shape index (κ3) is 4.22. The second kappa shape index (κ2) is 10.5. The molecule has 4 aromatic carbocycles. The number of nitrogens with one attached hydrogen (secondary N) is 1. The minimum Gasteiger partial charge on any atom is -0.352 e. The molecule has 0 unspecified atom stereocenters. The third-order valence-corrected chi connectivity index (χ3v) is 9.63. The second-order valence-electron chi connectivity index (χ2n) is 12.1. The van der Waals surface area contributed by atoms with Crippen molar-refractivity contribution in [2.45, 2.75) is 37.8 Å². The van der Waals surface area contributed by atoms with E-state index in [0.29, 0.717) is 22.7 Å². The number of amides is 1. The molecule has 5 nitrogen and oxygen atoms in total. The number of hydrogen-bond donors (Lipinski definition) is 1. The fraction of sp³-hybridized carbons (Fsp3) is 0.216. The number of hydrogen-bond acceptors (Lipinski definition) is 4. The number of ketones is 2. The van der Waals surface area contributed by atoms with E-state index >= 15 is 0 Å². The van der Waals surface area contributed by atoms with Crippen LogP contribution in [0.4, 0.5) is 11.4 Å². The maximum Gasteiger partial charge on any atom is 0.238 e. The van der Waals surface area contributed by atoms with Gasteiger partial charge in [-0.05, 0) is 53.3 Å². The number of fused-ring (bicyclic) bond motifs is 6. The van der Waals surface area contributed by atoms with Crippen LogP contribution in [0.5, 0.6) is 0 Å². The summed E-state index contributed by atoms with van der Waals surface area (Å²) in [7, 11) is 0. The number of para-hydroxylation sites is 2. The van der Waals surface area contributed by atoms with Gasteiger partial charge in [0.25, 0.3) is 0 Å². The summed E-state index contributed by atoms with van der Waals surface area (Å²) >= 11 is 3.48. The van der Waals surface area contributed by atoms with E-state index in [4.69, 9.17) is 0 Å². The molecule has 1 spiro atoms. The van der Waals surface area contributed by atoms with Crippen LogP contribution in [0, 0.1) is 11.8 Å². The van der Waals surface area contributed by atoms with Crippen molar-refractivity contribution >= 4 is 50.9 Å². The minimum absolute atomic E-state index is 0.188. The Hall–Kier alpha value is -4.29. The number of nitrogens with zero attached hydrogens (tertiary/aromatic N) is 1. The van der Waals surface area contributed by atoms with E-state index in [1.165, 1.54) is 0 Å². The highest BCUT2D eigenvalue weighted by Crippen LogP contribution is 2.58. The van der Waals surface area contributed by atoms with E-state index in [9.17, 15) is 14.4 Å². The summed E-state index contributed by atoms with van der Waals surface area (Å²) < 4.78 is 0.856. The molecule has 3 aliphatic heterocycles. The van der Waals surface area contributed by atoms with Crippen molar-refractivity contribution in [3.8, 4) is 0 Å². The molecule has 0 radical (unpaired) electrons. The Morgan fingerprint density at radius 3 is 2.26 bits per heavy atom. The van der Waals surface area contributed by atoms with Crippen molar-refractivity contribution < 1.29 is 14.4 Å². The zero-order valence-corrected chi connectivity index (χ0v) is 25.5. The van der Waals surface area contributed by atoms with Gasteiger partial charge in [0, 0.05) is 27.0 Å². The zero-order chi connectivity index (χ0) is 29.9. The van der Waals surface area contributed by atoms with Crippen molar-refractivity contribution in [3.05, 3.63) is 135 Å². The summed E-state index contributed by atoms with van der Waals surface area (Å²) in [6.45, 7) is 4.33. The van der Waals surface area contributed by atoms with Crippen molar-refractivity contribution in [1.29, 1.82) is 0 Å². The van der Waals surface area contributed by atoms with Crippen LogP contribution < -0.4 is 10.2 Å². The van der Waals surface area contributed by atoms with Gasteiger partial charge in [0.05, 0.1) is 12.0 Å². The lowest BCUT2D eigenvalue weighted by atomic mass is 9.64. The fourth-order valence-electron chi connectivity index (χ4n) is 7.36. The van der Waals surface area contributed by atoms with Gasteiger partial charge >= 0.3 is 0 Å². The SMILES string of the molecule is CC(C)Cc1ccc(C(=O)[C@H]2[C@@H](C(=O)c3ccc(Br)cc3)N3c4ccccc4C=C[C@@H]3[C@]23C(=O)Nc2ccccc23)cc1. The molecule has 1 fully saturated rings. The molecular formula is C37H31BrN2O3. The quantitative estimate of drug-likeness (QED) is 0.224. The highest BCUT2D eigenvalue weighted by molar-refractivity contribution is 9.10. The molecule has 6 heteroatoms. The molecule has 214 valence electrons. The van der Waals surface area contributed by atoms with Crippen LogP contribution >= 0.6 is 15.9 Å². The predicted octanol–water partition coefficient (Wildman–Crippen LogP) is 7.50. The van der Waals surface area contributed by atoms with E-state index in [2.05, 4.69) is 35.1 Å². The van der Waals surface area contributed by atoms with Gasteiger partial charge < -0.3 is 10.2 Å². The lowest BCUT2D eigenvalue weighted by Crippen LogP contribution is -2.51. The van der Waals surface area contributed by atoms with Crippen molar-refractivity contribution in [1.82, 2.24) is 0 Å². The summed E-state index contributed by atoms with van der Waals surface area (Å²) in [6.07, 6.45) is 4.92. The molecule has 0 aromatic heterocycles. The Bertz CT molecular complexity index is 1790. The van der Waals surface area contributed by atoms with Crippen molar-refractivity contribution in [2.24, 2.45) is 11.8 Å². The third-order valence-electron chi connectivity index (χ3n) is 9.10. The Morgan fingerprint density at radius 2 is 1.51 bits per heavy atom. The number of anilines is 2. The number of rotatable bonds is 6. The van der Waals surface area contributed by atoms with E-state index in [-0.39, 0.29) is 17.5 Å². The molecule has 1 saturated heterocycles. The molecule has 0 aliphatic carbocycles. The van der Waals surface area contributed by atoms with Crippen molar-refractivity contribution in [2.75, 3.05) is 10.2 Å². The average molecular weight is 632 g/mol. The predicted molar refractivity (Wildman–Crippen MR) is 174 cm³/mol. The van der Waals surface area contributed by atoms with Crippen LogP contribution in [-0.4, -0.2) is 29.6 Å². The second-order valence-corrected chi connectivity index (χ2v) is 13.0. The van der Waals surface area contributed by atoms with E-state index in [1.54, 1.807) is 12.1 Å². The standard InChI is InChI=1S/C37H31BrN2O3/c1-22(2)21-23-11-13-25(14-12-23)34(41)32-33(35(42)26-15-18-27(38)19-16-26)40-30-10-6-3-7-24(30)17-20-31(40)37(32)28-8-4-5-9-29(28)39-36(37)43/h3-20,22,31-33H,21H2,1-2H3,(H,39,43)/t31-,32-,33+,37+/m1/s1. The normalized spacial score (nSPS) is 23.2. The number of halogens is 1. The number of benzene rings is 4. The lowest BCUT2D eigenvalue weighted by Gasteiger charge is -2.37. The van der Waals surface area contributed by atoms with Gasteiger partial charge in [-0.2, -0.15) is 0 Å². The smallest absolute Gasteiger partial charge is 0.238 e. The van der Waals surface area contributed by atoms with Gasteiger partial charge in [0.2, 0.25) is 5.91 Å². The van der Waals surface area contributed by atoms with Gasteiger partial charge in [0.15, 0.2) is 11.6 Å². The van der Waals surface area contributed by atoms with Crippen LogP contribution in [0.25, 0.3) is 6.08 Å². The fourth-order valence-corrected chi connectivity index (χ4v) is 7.63. The molecule has 3 aliphatic rings. The van der Waals surface area contributed by atoms with Crippen LogP contribution in [0.1, 0.15) is 51.3 Å². The van der Waals surface area contributed by atoms with E-state index in [0.717, 1.165) is 33.3 Å². The Labute approximate surface area is 259 Å². The van der Waals surface area contributed by atoms with Crippen LogP contribution in [0.2, 0.25) is 0 Å². The van der Waals surface area contributed by atoms with Gasteiger partial charge in [-0.15, -0.1) is 0 Å². The molecule has 0 saturated carbocycles. The van der Waals surface area contributed by atoms with Crippen LogP contribution in [-0.2, 0) is 16.6 Å². The molecule has 1 N–H and O–H groups in total. The van der Waals surface area contributed by atoms with Crippen LogP contribution in [0.3, 0.4) is 0 Å². The Balaban J connectivity index is 1.48. The highest BCUT2D eigenvalue weighted by atomic mass is 79.9. The topological polar surface area (TPSA) is 66.5 Å². The molecule has 4 aromatic rings. The van der Waals surface area contributed by atoms with Crippen molar-refractivity contribution in [3.63, 3.8) is 0 Å². The minimum atomic E-state index is -1.32. The van der Waals surface area contributed by atoms with Gasteiger partial charge in [-0.3, -0.25) is 14.4 Å². The Kier molecular flexibility index (Phi) is 6.70. The van der Waals surface area contributed by atoms with Gasteiger partial charge in [-0.25, -0.2) is 0 Å². The molecule has 1 amide bonds. The zero-order valence-electron chi connectivity index (χ0n) is 24.0. The summed E-state index contributed by atoms with van der Waals surface area (Å²) in [5, 5.41) is 3.09.